The zero-order valence-electron chi connectivity index (χ0n) is 9.16. The van der Waals surface area contributed by atoms with Gasteiger partial charge in [0, 0.05) is 13.5 Å². The molecule has 0 spiro atoms. The lowest BCUT2D eigenvalue weighted by molar-refractivity contribution is -0.130. The van der Waals surface area contributed by atoms with Crippen molar-refractivity contribution in [2.24, 2.45) is 5.73 Å². The van der Waals surface area contributed by atoms with Crippen molar-refractivity contribution in [3.05, 3.63) is 11.6 Å². The molecule has 0 aliphatic rings. The Bertz CT molecular complexity index is 322. The topological polar surface area (TPSA) is 87.9 Å². The number of aryl methyl sites for hydroxylation is 1. The van der Waals surface area contributed by atoms with E-state index in [0.717, 1.165) is 12.2 Å². The fraction of sp³-hybridized carbons (Fsp3) is 0.667. The molecule has 0 atom stereocenters. The molecule has 15 heavy (non-hydrogen) atoms. The Morgan fingerprint density at radius 2 is 2.33 bits per heavy atom. The van der Waals surface area contributed by atoms with Gasteiger partial charge in [0.25, 0.3) is 0 Å². The van der Waals surface area contributed by atoms with E-state index in [1.807, 2.05) is 6.92 Å². The van der Waals surface area contributed by atoms with E-state index in [0.29, 0.717) is 25.3 Å². The number of nitrogens with two attached hydrogens (primary N) is 1. The van der Waals surface area contributed by atoms with Crippen LogP contribution in [0.25, 0.3) is 0 Å². The van der Waals surface area contributed by atoms with Crippen molar-refractivity contribution in [3.8, 4) is 0 Å². The summed E-state index contributed by atoms with van der Waals surface area (Å²) in [4.78, 5) is 17.3. The summed E-state index contributed by atoms with van der Waals surface area (Å²) in [6.45, 7) is 2.81. The van der Waals surface area contributed by atoms with Crippen LogP contribution in [-0.4, -0.2) is 39.6 Å². The van der Waals surface area contributed by atoms with Crippen LogP contribution >= 0.6 is 0 Å². The van der Waals surface area contributed by atoms with Crippen LogP contribution in [-0.2, 0) is 11.3 Å². The molecule has 3 N–H and O–H groups in total. The van der Waals surface area contributed by atoms with Crippen LogP contribution in [0, 0.1) is 6.92 Å². The third kappa shape index (κ3) is 3.67. The zero-order chi connectivity index (χ0) is 11.3. The Labute approximate surface area is 88.9 Å². The van der Waals surface area contributed by atoms with Crippen LogP contribution in [0.15, 0.2) is 0 Å². The number of amides is 1. The van der Waals surface area contributed by atoms with Crippen LogP contribution in [0.3, 0.4) is 0 Å². The predicted octanol–water partition coefficient (Wildman–Crippen LogP) is -0.190. The molecule has 0 radical (unpaired) electrons. The normalized spacial score (nSPS) is 10.3. The molecule has 0 saturated heterocycles. The van der Waals surface area contributed by atoms with Gasteiger partial charge in [0.1, 0.15) is 5.82 Å². The zero-order valence-corrected chi connectivity index (χ0v) is 9.16. The molecule has 1 heterocycles. The van der Waals surface area contributed by atoms with Crippen LogP contribution in [0.5, 0.6) is 0 Å². The van der Waals surface area contributed by atoms with E-state index in [2.05, 4.69) is 15.2 Å². The van der Waals surface area contributed by atoms with Gasteiger partial charge in [-0.1, -0.05) is 0 Å². The van der Waals surface area contributed by atoms with E-state index >= 15 is 0 Å². The van der Waals surface area contributed by atoms with Gasteiger partial charge in [-0.05, 0) is 19.9 Å². The summed E-state index contributed by atoms with van der Waals surface area (Å²) in [5.41, 5.74) is 5.33. The maximum Gasteiger partial charge on any atom is 0.222 e. The average molecular weight is 211 g/mol. The van der Waals surface area contributed by atoms with Crippen molar-refractivity contribution in [1.29, 1.82) is 0 Å². The predicted molar refractivity (Wildman–Crippen MR) is 55.9 cm³/mol. The summed E-state index contributed by atoms with van der Waals surface area (Å²) >= 11 is 0. The number of hydrogen-bond donors (Lipinski definition) is 2. The SMILES string of the molecule is Cc1nc(CN(C)C(=O)CCCN)n[nH]1. The molecule has 0 aliphatic carbocycles. The number of nitrogens with one attached hydrogen (secondary N) is 1. The molecule has 0 saturated carbocycles. The molecule has 1 aromatic heterocycles. The highest BCUT2D eigenvalue weighted by Crippen LogP contribution is 2.00. The minimum absolute atomic E-state index is 0.0721. The Balaban J connectivity index is 2.41. The van der Waals surface area contributed by atoms with E-state index in [1.54, 1.807) is 11.9 Å². The number of aromatic amines is 1. The lowest BCUT2D eigenvalue weighted by Gasteiger charge is -2.14. The molecule has 1 rings (SSSR count). The summed E-state index contributed by atoms with van der Waals surface area (Å²) in [5, 5.41) is 6.70. The molecule has 0 aliphatic heterocycles. The fourth-order valence-corrected chi connectivity index (χ4v) is 1.20. The molecule has 6 heteroatoms. The Hall–Kier alpha value is -1.43. The standard InChI is InChI=1S/C9H17N5O/c1-7-11-8(13-12-7)6-14(2)9(15)4-3-5-10/h3-6,10H2,1-2H3,(H,11,12,13). The minimum atomic E-state index is 0.0721. The molecule has 1 aromatic rings. The van der Waals surface area contributed by atoms with Gasteiger partial charge in [0.2, 0.25) is 5.91 Å². The largest absolute Gasteiger partial charge is 0.338 e. The van der Waals surface area contributed by atoms with Crippen molar-refractivity contribution in [2.45, 2.75) is 26.3 Å². The lowest BCUT2D eigenvalue weighted by atomic mass is 10.3. The quantitative estimate of drug-likeness (QED) is 0.706. The Kier molecular flexibility index (Phi) is 4.23. The molecular weight excluding hydrogens is 194 g/mol. The number of H-pyrrole nitrogens is 1. The van der Waals surface area contributed by atoms with E-state index in [1.165, 1.54) is 0 Å². The third-order valence-electron chi connectivity index (χ3n) is 2.04. The van der Waals surface area contributed by atoms with E-state index in [9.17, 15) is 4.79 Å². The van der Waals surface area contributed by atoms with Gasteiger partial charge in [0.15, 0.2) is 5.82 Å². The summed E-state index contributed by atoms with van der Waals surface area (Å²) in [6, 6.07) is 0. The van der Waals surface area contributed by atoms with Crippen LogP contribution in [0.1, 0.15) is 24.5 Å². The summed E-state index contributed by atoms with van der Waals surface area (Å²) in [5.74, 6) is 1.46. The van der Waals surface area contributed by atoms with Gasteiger partial charge >= 0.3 is 0 Å². The van der Waals surface area contributed by atoms with E-state index in [4.69, 9.17) is 5.73 Å². The number of hydrogen-bond acceptors (Lipinski definition) is 4. The van der Waals surface area contributed by atoms with Gasteiger partial charge in [-0.25, -0.2) is 4.98 Å². The summed E-state index contributed by atoms with van der Waals surface area (Å²) in [6.07, 6.45) is 1.20. The van der Waals surface area contributed by atoms with E-state index < -0.39 is 0 Å². The number of nitrogens with zero attached hydrogens (tertiary/aromatic N) is 3. The van der Waals surface area contributed by atoms with Gasteiger partial charge in [-0.3, -0.25) is 9.89 Å². The molecular formula is C9H17N5O. The third-order valence-corrected chi connectivity index (χ3v) is 2.04. The fourth-order valence-electron chi connectivity index (χ4n) is 1.20. The van der Waals surface area contributed by atoms with Crippen LogP contribution in [0.4, 0.5) is 0 Å². The highest BCUT2D eigenvalue weighted by atomic mass is 16.2. The molecule has 6 nitrogen and oxygen atoms in total. The maximum atomic E-state index is 11.5. The smallest absolute Gasteiger partial charge is 0.222 e. The van der Waals surface area contributed by atoms with Gasteiger partial charge in [-0.2, -0.15) is 5.10 Å². The van der Waals surface area contributed by atoms with Crippen LogP contribution < -0.4 is 5.73 Å². The number of carbonyl (C=O) groups excluding carboxylic acids is 1. The average Bonchev–Trinajstić information content (AvgIpc) is 2.60. The first-order chi connectivity index (χ1) is 7.13. The van der Waals surface area contributed by atoms with E-state index in [-0.39, 0.29) is 5.91 Å². The molecule has 0 aromatic carbocycles. The molecule has 0 fully saturated rings. The van der Waals surface area contributed by atoms with Crippen molar-refractivity contribution in [2.75, 3.05) is 13.6 Å². The monoisotopic (exact) mass is 211 g/mol. The highest BCUT2D eigenvalue weighted by molar-refractivity contribution is 5.75. The number of carbonyl (C=O) groups is 1. The van der Waals surface area contributed by atoms with Crippen LogP contribution in [0.2, 0.25) is 0 Å². The number of rotatable bonds is 5. The first kappa shape index (κ1) is 11.6. The molecule has 0 unspecified atom stereocenters. The first-order valence-electron chi connectivity index (χ1n) is 4.95. The second-order valence-electron chi connectivity index (χ2n) is 3.48. The van der Waals surface area contributed by atoms with Gasteiger partial charge in [0.05, 0.1) is 6.54 Å². The summed E-state index contributed by atoms with van der Waals surface area (Å²) in [7, 11) is 1.74. The Morgan fingerprint density at radius 3 is 2.87 bits per heavy atom. The van der Waals surface area contributed by atoms with Gasteiger partial charge in [-0.15, -0.1) is 0 Å². The van der Waals surface area contributed by atoms with Gasteiger partial charge < -0.3 is 10.6 Å². The molecule has 0 bridgehead atoms. The number of aromatic nitrogens is 3. The van der Waals surface area contributed by atoms with Crippen molar-refractivity contribution in [3.63, 3.8) is 0 Å². The summed E-state index contributed by atoms with van der Waals surface area (Å²) < 4.78 is 0. The first-order valence-corrected chi connectivity index (χ1v) is 4.95. The van der Waals surface area contributed by atoms with Crippen molar-refractivity contribution in [1.82, 2.24) is 20.1 Å². The Morgan fingerprint density at radius 1 is 1.60 bits per heavy atom. The lowest BCUT2D eigenvalue weighted by Crippen LogP contribution is -2.27. The maximum absolute atomic E-state index is 11.5. The second kappa shape index (κ2) is 5.45. The molecule has 84 valence electrons. The van der Waals surface area contributed by atoms with Crippen molar-refractivity contribution >= 4 is 5.91 Å². The highest BCUT2D eigenvalue weighted by Gasteiger charge is 2.10. The second-order valence-corrected chi connectivity index (χ2v) is 3.48. The van der Waals surface area contributed by atoms with Crippen molar-refractivity contribution < 1.29 is 4.79 Å². The molecule has 1 amide bonds. The minimum Gasteiger partial charge on any atom is -0.338 e.